The molecule has 3 heteroatoms. The molecule has 0 atom stereocenters. The van der Waals surface area contributed by atoms with Crippen molar-refractivity contribution in [2.24, 2.45) is 0 Å². The normalized spacial score (nSPS) is 17.4. The fraction of sp³-hybridized carbons (Fsp3) is 0.529. The molecule has 0 aromatic heterocycles. The van der Waals surface area contributed by atoms with Gasteiger partial charge in [-0.05, 0) is 32.0 Å². The van der Waals surface area contributed by atoms with E-state index in [9.17, 15) is 0 Å². The Balaban J connectivity index is 1.57. The van der Waals surface area contributed by atoms with Crippen LogP contribution in [0.1, 0.15) is 18.9 Å². The minimum atomic E-state index is 0.983. The Morgan fingerprint density at radius 1 is 1.25 bits per heavy atom. The van der Waals surface area contributed by atoms with Crippen molar-refractivity contribution in [2.75, 3.05) is 45.8 Å². The smallest absolute Gasteiger partial charge is 0.0165 e. The van der Waals surface area contributed by atoms with E-state index in [-0.39, 0.29) is 0 Å². The van der Waals surface area contributed by atoms with Crippen LogP contribution in [0.25, 0.3) is 6.08 Å². The number of nitrogens with one attached hydrogen (secondary N) is 2. The highest BCUT2D eigenvalue weighted by Gasteiger charge is 2.07. The van der Waals surface area contributed by atoms with Gasteiger partial charge in [-0.1, -0.05) is 42.0 Å². The molecule has 1 heterocycles. The number of piperazine rings is 1. The van der Waals surface area contributed by atoms with E-state index in [2.05, 4.69) is 58.9 Å². The van der Waals surface area contributed by atoms with Gasteiger partial charge in [-0.3, -0.25) is 0 Å². The topological polar surface area (TPSA) is 27.3 Å². The first-order chi connectivity index (χ1) is 9.84. The Bertz CT molecular complexity index is 394. The van der Waals surface area contributed by atoms with Crippen molar-refractivity contribution in [1.29, 1.82) is 0 Å². The summed E-state index contributed by atoms with van der Waals surface area (Å²) in [5.41, 5.74) is 2.67. The second-order valence-electron chi connectivity index (χ2n) is 5.52. The molecule has 110 valence electrons. The molecule has 1 aliphatic rings. The van der Waals surface area contributed by atoms with Gasteiger partial charge < -0.3 is 15.5 Å². The SMILES string of the molecule is C/C(=C\c1ccccc1)CNCCCN1CCNCC1. The summed E-state index contributed by atoms with van der Waals surface area (Å²) in [6.45, 7) is 10.2. The molecule has 2 rings (SSSR count). The van der Waals surface area contributed by atoms with Crippen molar-refractivity contribution in [1.82, 2.24) is 15.5 Å². The van der Waals surface area contributed by atoms with Crippen molar-refractivity contribution >= 4 is 6.08 Å². The molecule has 2 N–H and O–H groups in total. The Hall–Kier alpha value is -1.16. The lowest BCUT2D eigenvalue weighted by molar-refractivity contribution is 0.238. The lowest BCUT2D eigenvalue weighted by Crippen LogP contribution is -2.44. The van der Waals surface area contributed by atoms with E-state index in [1.165, 1.54) is 37.2 Å². The van der Waals surface area contributed by atoms with Gasteiger partial charge in [-0.25, -0.2) is 0 Å². The van der Waals surface area contributed by atoms with Gasteiger partial charge in [-0.2, -0.15) is 0 Å². The van der Waals surface area contributed by atoms with Crippen LogP contribution in [-0.2, 0) is 0 Å². The van der Waals surface area contributed by atoms with Crippen molar-refractivity contribution in [3.8, 4) is 0 Å². The maximum absolute atomic E-state index is 3.53. The van der Waals surface area contributed by atoms with Gasteiger partial charge in [0.1, 0.15) is 0 Å². The molecule has 0 spiro atoms. The lowest BCUT2D eigenvalue weighted by atomic mass is 10.1. The minimum absolute atomic E-state index is 0.983. The summed E-state index contributed by atoms with van der Waals surface area (Å²) in [5.74, 6) is 0. The molecule has 1 aliphatic heterocycles. The number of nitrogens with zero attached hydrogens (tertiary/aromatic N) is 1. The largest absolute Gasteiger partial charge is 0.314 e. The molecular formula is C17H27N3. The van der Waals surface area contributed by atoms with Crippen molar-refractivity contribution in [3.63, 3.8) is 0 Å². The molecular weight excluding hydrogens is 246 g/mol. The van der Waals surface area contributed by atoms with Crippen LogP contribution in [0, 0.1) is 0 Å². The van der Waals surface area contributed by atoms with E-state index in [4.69, 9.17) is 0 Å². The van der Waals surface area contributed by atoms with Crippen LogP contribution in [0.3, 0.4) is 0 Å². The summed E-state index contributed by atoms with van der Waals surface area (Å²) in [7, 11) is 0. The first-order valence-corrected chi connectivity index (χ1v) is 7.70. The predicted molar refractivity (Wildman–Crippen MR) is 86.9 cm³/mol. The Kier molecular flexibility index (Phi) is 6.78. The summed E-state index contributed by atoms with van der Waals surface area (Å²) < 4.78 is 0. The second-order valence-corrected chi connectivity index (χ2v) is 5.52. The predicted octanol–water partition coefficient (Wildman–Crippen LogP) is 1.97. The minimum Gasteiger partial charge on any atom is -0.314 e. The Morgan fingerprint density at radius 2 is 2.00 bits per heavy atom. The molecule has 0 bridgehead atoms. The van der Waals surface area contributed by atoms with Crippen molar-refractivity contribution < 1.29 is 0 Å². The molecule has 0 unspecified atom stereocenters. The molecule has 1 aromatic carbocycles. The molecule has 3 nitrogen and oxygen atoms in total. The molecule has 1 saturated heterocycles. The van der Waals surface area contributed by atoms with Crippen LogP contribution < -0.4 is 10.6 Å². The molecule has 1 fully saturated rings. The third-order valence-corrected chi connectivity index (χ3v) is 3.65. The van der Waals surface area contributed by atoms with Crippen LogP contribution in [0.15, 0.2) is 35.9 Å². The fourth-order valence-electron chi connectivity index (χ4n) is 2.53. The molecule has 0 radical (unpaired) electrons. The van der Waals surface area contributed by atoms with Crippen LogP contribution in [-0.4, -0.2) is 50.7 Å². The summed E-state index contributed by atoms with van der Waals surface area (Å²) in [6.07, 6.45) is 3.49. The average molecular weight is 273 g/mol. The number of benzene rings is 1. The van der Waals surface area contributed by atoms with E-state index >= 15 is 0 Å². The maximum atomic E-state index is 3.53. The highest BCUT2D eigenvalue weighted by Crippen LogP contribution is 2.05. The average Bonchev–Trinajstić information content (AvgIpc) is 2.49. The van der Waals surface area contributed by atoms with Crippen LogP contribution >= 0.6 is 0 Å². The van der Waals surface area contributed by atoms with Gasteiger partial charge >= 0.3 is 0 Å². The number of hydrogen-bond donors (Lipinski definition) is 2. The second kappa shape index (κ2) is 8.90. The molecule has 20 heavy (non-hydrogen) atoms. The molecule has 0 saturated carbocycles. The highest BCUT2D eigenvalue weighted by atomic mass is 15.2. The van der Waals surface area contributed by atoms with Crippen LogP contribution in [0.4, 0.5) is 0 Å². The van der Waals surface area contributed by atoms with Gasteiger partial charge in [0, 0.05) is 32.7 Å². The highest BCUT2D eigenvalue weighted by molar-refractivity contribution is 5.52. The van der Waals surface area contributed by atoms with Gasteiger partial charge in [0.05, 0.1) is 0 Å². The summed E-state index contributed by atoms with van der Waals surface area (Å²) in [4.78, 5) is 2.55. The van der Waals surface area contributed by atoms with Gasteiger partial charge in [0.25, 0.3) is 0 Å². The van der Waals surface area contributed by atoms with E-state index in [0.717, 1.165) is 26.2 Å². The van der Waals surface area contributed by atoms with Crippen LogP contribution in [0.5, 0.6) is 0 Å². The van der Waals surface area contributed by atoms with Crippen LogP contribution in [0.2, 0.25) is 0 Å². The van der Waals surface area contributed by atoms with E-state index in [1.807, 2.05) is 0 Å². The first-order valence-electron chi connectivity index (χ1n) is 7.70. The Labute approximate surface area is 123 Å². The third kappa shape index (κ3) is 5.87. The molecule has 1 aromatic rings. The quantitative estimate of drug-likeness (QED) is 0.744. The first kappa shape index (κ1) is 15.2. The fourth-order valence-corrected chi connectivity index (χ4v) is 2.53. The zero-order valence-corrected chi connectivity index (χ0v) is 12.6. The summed E-state index contributed by atoms with van der Waals surface area (Å²) in [6, 6.07) is 10.5. The summed E-state index contributed by atoms with van der Waals surface area (Å²) in [5, 5.41) is 6.92. The summed E-state index contributed by atoms with van der Waals surface area (Å²) >= 11 is 0. The van der Waals surface area contributed by atoms with Gasteiger partial charge in [-0.15, -0.1) is 0 Å². The third-order valence-electron chi connectivity index (χ3n) is 3.65. The zero-order valence-electron chi connectivity index (χ0n) is 12.6. The van der Waals surface area contributed by atoms with Gasteiger partial charge in [0.15, 0.2) is 0 Å². The monoisotopic (exact) mass is 273 g/mol. The van der Waals surface area contributed by atoms with E-state index < -0.39 is 0 Å². The number of hydrogen-bond acceptors (Lipinski definition) is 3. The van der Waals surface area contributed by atoms with Gasteiger partial charge in [0.2, 0.25) is 0 Å². The van der Waals surface area contributed by atoms with E-state index in [1.54, 1.807) is 0 Å². The van der Waals surface area contributed by atoms with Crippen molar-refractivity contribution in [3.05, 3.63) is 41.5 Å². The molecule has 0 aliphatic carbocycles. The number of rotatable bonds is 7. The molecule has 0 amide bonds. The lowest BCUT2D eigenvalue weighted by Gasteiger charge is -2.27. The van der Waals surface area contributed by atoms with E-state index in [0.29, 0.717) is 0 Å². The Morgan fingerprint density at radius 3 is 2.75 bits per heavy atom. The maximum Gasteiger partial charge on any atom is 0.0165 e. The zero-order chi connectivity index (χ0) is 14.0. The van der Waals surface area contributed by atoms with Crippen molar-refractivity contribution in [2.45, 2.75) is 13.3 Å². The standard InChI is InChI=1S/C17H27N3/c1-16(14-17-6-3-2-4-7-17)15-19-8-5-11-20-12-9-18-10-13-20/h2-4,6-7,14,18-19H,5,8-13,15H2,1H3/b16-14+.